The highest BCUT2D eigenvalue weighted by Gasteiger charge is 2.44. The van der Waals surface area contributed by atoms with Crippen LogP contribution in [0.2, 0.25) is 0 Å². The first-order valence-corrected chi connectivity index (χ1v) is 18.3. The van der Waals surface area contributed by atoms with Crippen LogP contribution in [0.4, 0.5) is 10.5 Å². The van der Waals surface area contributed by atoms with Gasteiger partial charge in [-0.15, -0.1) is 0 Å². The molecule has 14 heteroatoms. The molecule has 5 atom stereocenters. The third-order valence-corrected chi connectivity index (χ3v) is 11.0. The van der Waals surface area contributed by atoms with Gasteiger partial charge in [-0.25, -0.2) is 18.0 Å². The quantitative estimate of drug-likeness (QED) is 0.189. The SMILES string of the molecule is CC(C)CN(C[C@@H](O)[C@H](Cc1ccccc1)NC(=O)OC1COC2OCCC12)S(=O)(=O)c1ccc2c(c1)/C(=C/c1ccc(C(=O)O)cc1)C(=O)N2. The van der Waals surface area contributed by atoms with Crippen LogP contribution in [0.5, 0.6) is 0 Å². The van der Waals surface area contributed by atoms with E-state index in [0.717, 1.165) is 5.56 Å². The Morgan fingerprint density at radius 3 is 2.51 bits per heavy atom. The molecule has 3 heterocycles. The van der Waals surface area contributed by atoms with E-state index in [2.05, 4.69) is 10.6 Å². The molecule has 2 fully saturated rings. The lowest BCUT2D eigenvalue weighted by atomic mass is 10.0. The van der Waals surface area contributed by atoms with Crippen molar-refractivity contribution < 1.29 is 47.2 Å². The van der Waals surface area contributed by atoms with Crippen LogP contribution in [0.15, 0.2) is 77.7 Å². The van der Waals surface area contributed by atoms with Crippen molar-refractivity contribution in [1.29, 1.82) is 0 Å². The number of fused-ring (bicyclic) bond motifs is 2. The summed E-state index contributed by atoms with van der Waals surface area (Å²) in [6.07, 6.45) is -0.530. The number of carbonyl (C=O) groups is 3. The lowest BCUT2D eigenvalue weighted by Crippen LogP contribution is -2.51. The van der Waals surface area contributed by atoms with Gasteiger partial charge in [0.2, 0.25) is 10.0 Å². The number of rotatable bonds is 13. The Morgan fingerprint density at radius 2 is 1.80 bits per heavy atom. The summed E-state index contributed by atoms with van der Waals surface area (Å²) in [6.45, 7) is 4.16. The number of alkyl carbamates (subject to hydrolysis) is 1. The summed E-state index contributed by atoms with van der Waals surface area (Å²) in [6, 6.07) is 18.6. The molecule has 2 amide bonds. The summed E-state index contributed by atoms with van der Waals surface area (Å²) in [5.74, 6) is -1.71. The molecule has 3 aromatic rings. The number of aromatic carboxylic acids is 1. The molecule has 0 saturated carbocycles. The van der Waals surface area contributed by atoms with E-state index in [9.17, 15) is 33.0 Å². The highest BCUT2D eigenvalue weighted by Crippen LogP contribution is 2.36. The van der Waals surface area contributed by atoms with E-state index in [1.165, 1.54) is 34.6 Å². The van der Waals surface area contributed by atoms with Crippen LogP contribution in [-0.2, 0) is 35.4 Å². The van der Waals surface area contributed by atoms with E-state index < -0.39 is 52.5 Å². The highest BCUT2D eigenvalue weighted by atomic mass is 32.2. The van der Waals surface area contributed by atoms with Crippen molar-refractivity contribution in [2.45, 2.75) is 56.1 Å². The van der Waals surface area contributed by atoms with Gasteiger partial charge in [0.15, 0.2) is 6.29 Å². The van der Waals surface area contributed by atoms with Crippen LogP contribution < -0.4 is 10.6 Å². The minimum Gasteiger partial charge on any atom is -0.478 e. The standard InChI is InChI=1S/C37H41N3O10S/c1-22(2)19-40(20-32(41)31(17-23-6-4-3-5-7-23)39-37(45)50-33-21-49-36-27(33)14-15-48-36)51(46,47)26-12-13-30-28(18-26)29(34(42)38-30)16-24-8-10-25(11-9-24)35(43)44/h3-13,16,18,22,27,31-33,36,41H,14-15,17,19-21H2,1-2H3,(H,38,42)(H,39,45)(H,43,44)/b29-16-/t27?,31-,32+,33?,36?/m0/s1. The van der Waals surface area contributed by atoms with Crippen molar-refractivity contribution >= 4 is 45.3 Å². The summed E-state index contributed by atoms with van der Waals surface area (Å²) in [4.78, 5) is 37.3. The number of amides is 2. The number of aliphatic hydroxyl groups is 1. The van der Waals surface area contributed by atoms with E-state index in [0.29, 0.717) is 29.8 Å². The molecule has 2 saturated heterocycles. The number of aliphatic hydroxyl groups excluding tert-OH is 1. The van der Waals surface area contributed by atoms with Gasteiger partial charge in [0.1, 0.15) is 6.10 Å². The summed E-state index contributed by atoms with van der Waals surface area (Å²) < 4.78 is 46.6. The first kappa shape index (κ1) is 36.2. The number of carboxylic acids is 1. The number of nitrogens with one attached hydrogen (secondary N) is 2. The van der Waals surface area contributed by atoms with E-state index in [-0.39, 0.29) is 54.0 Å². The summed E-state index contributed by atoms with van der Waals surface area (Å²) in [5.41, 5.74) is 2.48. The van der Waals surface area contributed by atoms with Gasteiger partial charge >= 0.3 is 12.1 Å². The topological polar surface area (TPSA) is 181 Å². The van der Waals surface area contributed by atoms with Gasteiger partial charge < -0.3 is 35.1 Å². The zero-order valence-corrected chi connectivity index (χ0v) is 29.0. The molecule has 3 unspecified atom stereocenters. The maximum absolute atomic E-state index is 14.3. The second-order valence-corrected chi connectivity index (χ2v) is 15.3. The molecule has 6 rings (SSSR count). The fraction of sp³-hybridized carbons (Fsp3) is 0.378. The monoisotopic (exact) mass is 719 g/mol. The summed E-state index contributed by atoms with van der Waals surface area (Å²) >= 11 is 0. The van der Waals surface area contributed by atoms with Gasteiger partial charge in [-0.2, -0.15) is 4.31 Å². The Labute approximate surface area is 296 Å². The smallest absolute Gasteiger partial charge is 0.407 e. The molecule has 0 aliphatic carbocycles. The average molecular weight is 720 g/mol. The third-order valence-electron chi connectivity index (χ3n) is 9.15. The number of ether oxygens (including phenoxy) is 3. The fourth-order valence-electron chi connectivity index (χ4n) is 6.54. The predicted molar refractivity (Wildman–Crippen MR) is 187 cm³/mol. The molecule has 0 radical (unpaired) electrons. The van der Waals surface area contributed by atoms with Gasteiger partial charge in [-0.3, -0.25) is 4.79 Å². The van der Waals surface area contributed by atoms with Crippen molar-refractivity contribution in [2.75, 3.05) is 31.6 Å². The van der Waals surface area contributed by atoms with Gasteiger partial charge in [0.25, 0.3) is 5.91 Å². The lowest BCUT2D eigenvalue weighted by Gasteiger charge is -2.31. The molecule has 13 nitrogen and oxygen atoms in total. The zero-order valence-electron chi connectivity index (χ0n) is 28.2. The number of benzene rings is 3. The minimum atomic E-state index is -4.24. The molecule has 0 spiro atoms. The van der Waals surface area contributed by atoms with Crippen molar-refractivity contribution in [2.24, 2.45) is 11.8 Å². The summed E-state index contributed by atoms with van der Waals surface area (Å²) in [7, 11) is -4.24. The molecule has 51 heavy (non-hydrogen) atoms. The Bertz CT molecular complexity index is 1900. The maximum Gasteiger partial charge on any atom is 0.407 e. The van der Waals surface area contributed by atoms with Gasteiger partial charge in [-0.1, -0.05) is 56.3 Å². The van der Waals surface area contributed by atoms with Crippen LogP contribution in [0.1, 0.15) is 47.3 Å². The Balaban J connectivity index is 1.24. The molecule has 0 bridgehead atoms. The highest BCUT2D eigenvalue weighted by molar-refractivity contribution is 7.89. The third kappa shape index (κ3) is 8.32. The largest absolute Gasteiger partial charge is 0.478 e. The molecular weight excluding hydrogens is 678 g/mol. The average Bonchev–Trinajstić information content (AvgIpc) is 3.80. The zero-order chi connectivity index (χ0) is 36.3. The van der Waals surface area contributed by atoms with Gasteiger partial charge in [0, 0.05) is 29.9 Å². The van der Waals surface area contributed by atoms with Crippen LogP contribution in [0.3, 0.4) is 0 Å². The van der Waals surface area contributed by atoms with E-state index in [1.807, 2.05) is 44.2 Å². The molecule has 3 aliphatic heterocycles. The maximum atomic E-state index is 14.3. The molecule has 3 aromatic carbocycles. The number of anilines is 1. The minimum absolute atomic E-state index is 0.0667. The number of hydrogen-bond donors (Lipinski definition) is 4. The van der Waals surface area contributed by atoms with E-state index >= 15 is 0 Å². The number of carboxylic acid groups (broad SMARTS) is 1. The van der Waals surface area contributed by atoms with Crippen molar-refractivity contribution in [3.63, 3.8) is 0 Å². The van der Waals surface area contributed by atoms with Crippen LogP contribution in [0.25, 0.3) is 11.6 Å². The first-order valence-electron chi connectivity index (χ1n) is 16.8. The van der Waals surface area contributed by atoms with E-state index in [4.69, 9.17) is 14.2 Å². The number of hydrogen-bond acceptors (Lipinski definition) is 9. The number of carbonyl (C=O) groups excluding carboxylic acids is 2. The second kappa shape index (κ2) is 15.3. The van der Waals surface area contributed by atoms with E-state index in [1.54, 1.807) is 18.2 Å². The second-order valence-electron chi connectivity index (χ2n) is 13.3. The Hall–Kier alpha value is -4.60. The van der Waals surface area contributed by atoms with Gasteiger partial charge in [0.05, 0.1) is 41.7 Å². The van der Waals surface area contributed by atoms with Gasteiger partial charge in [-0.05, 0) is 66.3 Å². The molecule has 4 N–H and O–H groups in total. The molecule has 0 aromatic heterocycles. The lowest BCUT2D eigenvalue weighted by molar-refractivity contribution is -0.110. The van der Waals surface area contributed by atoms with Crippen LogP contribution in [-0.4, -0.2) is 91.7 Å². The van der Waals surface area contributed by atoms with Crippen LogP contribution >= 0.6 is 0 Å². The molecule has 3 aliphatic rings. The fourth-order valence-corrected chi connectivity index (χ4v) is 8.19. The molecular formula is C37H41N3O10S. The van der Waals surface area contributed by atoms with Crippen LogP contribution in [0, 0.1) is 11.8 Å². The number of sulfonamides is 1. The van der Waals surface area contributed by atoms with Crippen molar-refractivity contribution in [3.05, 3.63) is 95.1 Å². The van der Waals surface area contributed by atoms with Crippen molar-refractivity contribution in [1.82, 2.24) is 9.62 Å². The number of nitrogens with zero attached hydrogens (tertiary/aromatic N) is 1. The Kier molecular flexibility index (Phi) is 10.9. The first-order chi connectivity index (χ1) is 24.4. The Morgan fingerprint density at radius 1 is 1.06 bits per heavy atom. The predicted octanol–water partition coefficient (Wildman–Crippen LogP) is 3.98. The summed E-state index contributed by atoms with van der Waals surface area (Å²) in [5, 5.41) is 26.4. The normalized spacial score (nSPS) is 21.7. The molecule has 270 valence electrons. The van der Waals surface area contributed by atoms with Crippen molar-refractivity contribution in [3.8, 4) is 0 Å².